The second-order valence-electron chi connectivity index (χ2n) is 6.08. The van der Waals surface area contributed by atoms with Gasteiger partial charge in [-0.3, -0.25) is 5.43 Å². The number of benzene rings is 2. The lowest BCUT2D eigenvalue weighted by Gasteiger charge is -2.08. The van der Waals surface area contributed by atoms with Crippen LogP contribution in [0, 0.1) is 0 Å². The fraction of sp³-hybridized carbons (Fsp3) is 0.190. The first kappa shape index (κ1) is 21.1. The molecule has 0 amide bonds. The molecule has 1 aromatic heterocycles. The summed E-state index contributed by atoms with van der Waals surface area (Å²) in [6.45, 7) is 1.04. The molecule has 0 atom stereocenters. The highest BCUT2D eigenvalue weighted by atomic mass is 32.1. The maximum Gasteiger partial charge on any atom is 0.337 e. The predicted octanol–water partition coefficient (Wildman–Crippen LogP) is 3.81. The lowest BCUT2D eigenvalue weighted by molar-refractivity contribution is 0.0600. The van der Waals surface area contributed by atoms with E-state index in [1.807, 2.05) is 24.3 Å². The first-order valence-electron chi connectivity index (χ1n) is 9.18. The van der Waals surface area contributed by atoms with Crippen LogP contribution < -0.4 is 20.6 Å². The minimum absolute atomic E-state index is 0.367. The van der Waals surface area contributed by atoms with E-state index in [0.717, 1.165) is 17.7 Å². The zero-order valence-electron chi connectivity index (χ0n) is 16.4. The smallest absolute Gasteiger partial charge is 0.337 e. The average molecular weight is 426 g/mol. The van der Waals surface area contributed by atoms with Crippen molar-refractivity contribution in [3.05, 3.63) is 65.0 Å². The molecular formula is C21H22N4O4S. The third-order valence-corrected chi connectivity index (χ3v) is 4.64. The molecule has 30 heavy (non-hydrogen) atoms. The Hall–Kier alpha value is -3.59. The van der Waals surface area contributed by atoms with E-state index >= 15 is 0 Å². The summed E-state index contributed by atoms with van der Waals surface area (Å²) >= 11 is 1.39. The highest BCUT2D eigenvalue weighted by Crippen LogP contribution is 2.17. The van der Waals surface area contributed by atoms with Crippen LogP contribution in [0.15, 0.2) is 59.0 Å². The Morgan fingerprint density at radius 3 is 2.30 bits per heavy atom. The summed E-state index contributed by atoms with van der Waals surface area (Å²) in [5.41, 5.74) is 9.81. The van der Waals surface area contributed by atoms with Gasteiger partial charge in [-0.15, -0.1) is 11.3 Å². The molecule has 0 fully saturated rings. The molecule has 2 aromatic carbocycles. The third kappa shape index (κ3) is 6.49. The fourth-order valence-corrected chi connectivity index (χ4v) is 2.94. The number of hydrazone groups is 1. The molecule has 0 saturated heterocycles. The van der Waals surface area contributed by atoms with Crippen LogP contribution in [0.5, 0.6) is 11.5 Å². The number of methoxy groups -OCH3 is 1. The Morgan fingerprint density at radius 2 is 1.73 bits per heavy atom. The molecule has 0 aliphatic rings. The Kier molecular flexibility index (Phi) is 7.62. The standard InChI is InChI=1S/C21H22N4O4S/c1-27-20(26)16-5-9-18(10-6-16)29-12-2-11-28-17-7-3-15(4-8-17)13-23-25-21-24-19(22)14-30-21/h3-10,13-14H,2,11-12,22H2,1H3,(H,24,25). The van der Waals surface area contributed by atoms with Gasteiger partial charge in [0.1, 0.15) is 17.3 Å². The summed E-state index contributed by atoms with van der Waals surface area (Å²) in [7, 11) is 1.35. The second-order valence-corrected chi connectivity index (χ2v) is 6.94. The Morgan fingerprint density at radius 1 is 1.10 bits per heavy atom. The number of hydrogen-bond acceptors (Lipinski definition) is 9. The minimum Gasteiger partial charge on any atom is -0.493 e. The van der Waals surface area contributed by atoms with Crippen LogP contribution in [0.25, 0.3) is 0 Å². The van der Waals surface area contributed by atoms with Gasteiger partial charge in [0.25, 0.3) is 0 Å². The molecule has 0 saturated carbocycles. The topological polar surface area (TPSA) is 108 Å². The summed E-state index contributed by atoms with van der Waals surface area (Å²) < 4.78 is 16.0. The van der Waals surface area contributed by atoms with E-state index in [4.69, 9.17) is 15.2 Å². The van der Waals surface area contributed by atoms with Crippen molar-refractivity contribution in [1.29, 1.82) is 0 Å². The number of nitrogens with two attached hydrogens (primary N) is 1. The molecule has 156 valence electrons. The van der Waals surface area contributed by atoms with Crippen molar-refractivity contribution in [2.45, 2.75) is 6.42 Å². The Bertz CT molecular complexity index is 971. The SMILES string of the molecule is COC(=O)c1ccc(OCCCOc2ccc(C=NNc3nc(N)cs3)cc2)cc1. The quantitative estimate of drug-likeness (QED) is 0.220. The number of carbonyl (C=O) groups is 1. The normalized spacial score (nSPS) is 10.7. The zero-order valence-corrected chi connectivity index (χ0v) is 17.2. The summed E-state index contributed by atoms with van der Waals surface area (Å²) in [4.78, 5) is 15.5. The predicted molar refractivity (Wildman–Crippen MR) is 118 cm³/mol. The van der Waals surface area contributed by atoms with Gasteiger partial charge in [0.05, 0.1) is 32.1 Å². The monoisotopic (exact) mass is 426 g/mol. The van der Waals surface area contributed by atoms with Gasteiger partial charge in [0.15, 0.2) is 0 Å². The van der Waals surface area contributed by atoms with Crippen molar-refractivity contribution in [2.75, 3.05) is 31.5 Å². The van der Waals surface area contributed by atoms with Gasteiger partial charge in [0.2, 0.25) is 5.13 Å². The number of esters is 1. The van der Waals surface area contributed by atoms with Gasteiger partial charge in [-0.25, -0.2) is 9.78 Å². The van der Waals surface area contributed by atoms with Gasteiger partial charge < -0.3 is 19.9 Å². The second kappa shape index (κ2) is 10.8. The molecule has 0 aliphatic heterocycles. The molecule has 0 unspecified atom stereocenters. The van der Waals surface area contributed by atoms with E-state index in [1.165, 1.54) is 18.4 Å². The Labute approximate surface area is 178 Å². The van der Waals surface area contributed by atoms with Crippen LogP contribution in [0.3, 0.4) is 0 Å². The van der Waals surface area contributed by atoms with Gasteiger partial charge in [-0.1, -0.05) is 0 Å². The number of rotatable bonds is 10. The molecule has 0 radical (unpaired) electrons. The molecule has 3 aromatic rings. The highest BCUT2D eigenvalue weighted by Gasteiger charge is 2.04. The number of aromatic nitrogens is 1. The zero-order chi connectivity index (χ0) is 21.2. The average Bonchev–Trinajstić information content (AvgIpc) is 3.19. The first-order chi connectivity index (χ1) is 14.6. The number of anilines is 2. The molecule has 1 heterocycles. The third-order valence-electron chi connectivity index (χ3n) is 3.88. The van der Waals surface area contributed by atoms with Gasteiger partial charge >= 0.3 is 5.97 Å². The fourth-order valence-electron chi connectivity index (χ4n) is 2.39. The van der Waals surface area contributed by atoms with Crippen LogP contribution in [-0.2, 0) is 4.74 Å². The number of carbonyl (C=O) groups excluding carboxylic acids is 1. The Balaban J connectivity index is 1.34. The van der Waals surface area contributed by atoms with Crippen molar-refractivity contribution in [3.8, 4) is 11.5 Å². The summed E-state index contributed by atoms with van der Waals surface area (Å²) in [6, 6.07) is 14.4. The number of nitrogens with one attached hydrogen (secondary N) is 1. The van der Waals surface area contributed by atoms with Gasteiger partial charge in [-0.2, -0.15) is 5.10 Å². The minimum atomic E-state index is -0.367. The van der Waals surface area contributed by atoms with Crippen molar-refractivity contribution in [3.63, 3.8) is 0 Å². The summed E-state index contributed by atoms with van der Waals surface area (Å²) in [5.74, 6) is 1.57. The highest BCUT2D eigenvalue weighted by molar-refractivity contribution is 7.14. The largest absolute Gasteiger partial charge is 0.493 e. The van der Waals surface area contributed by atoms with Crippen LogP contribution in [-0.4, -0.2) is 37.5 Å². The maximum absolute atomic E-state index is 11.4. The molecule has 0 bridgehead atoms. The van der Waals surface area contributed by atoms with E-state index in [2.05, 4.69) is 20.2 Å². The van der Waals surface area contributed by atoms with E-state index in [-0.39, 0.29) is 5.97 Å². The molecule has 3 rings (SSSR count). The van der Waals surface area contributed by atoms with Gasteiger partial charge in [-0.05, 0) is 54.1 Å². The number of nitrogen functional groups attached to an aromatic ring is 1. The number of thiazole rings is 1. The van der Waals surface area contributed by atoms with Crippen LogP contribution in [0.4, 0.5) is 10.9 Å². The first-order valence-corrected chi connectivity index (χ1v) is 10.1. The van der Waals surface area contributed by atoms with Crippen LogP contribution in [0.2, 0.25) is 0 Å². The maximum atomic E-state index is 11.4. The summed E-state index contributed by atoms with van der Waals surface area (Å²) in [6.07, 6.45) is 2.42. The lowest BCUT2D eigenvalue weighted by Crippen LogP contribution is -2.05. The van der Waals surface area contributed by atoms with Crippen molar-refractivity contribution in [1.82, 2.24) is 4.98 Å². The molecule has 0 aliphatic carbocycles. The number of hydrogen-bond donors (Lipinski definition) is 2. The van der Waals surface area contributed by atoms with Crippen LogP contribution in [0.1, 0.15) is 22.3 Å². The number of ether oxygens (including phenoxy) is 3. The van der Waals surface area contributed by atoms with Gasteiger partial charge in [0, 0.05) is 11.8 Å². The van der Waals surface area contributed by atoms with E-state index in [1.54, 1.807) is 35.9 Å². The summed E-state index contributed by atoms with van der Waals surface area (Å²) in [5, 5.41) is 6.51. The molecular weight excluding hydrogens is 404 g/mol. The van der Waals surface area contributed by atoms with E-state index in [0.29, 0.717) is 35.5 Å². The molecule has 8 nitrogen and oxygen atoms in total. The van der Waals surface area contributed by atoms with E-state index in [9.17, 15) is 4.79 Å². The molecule has 3 N–H and O–H groups in total. The van der Waals surface area contributed by atoms with Crippen molar-refractivity contribution < 1.29 is 19.0 Å². The van der Waals surface area contributed by atoms with Crippen molar-refractivity contribution in [2.24, 2.45) is 5.10 Å². The lowest BCUT2D eigenvalue weighted by atomic mass is 10.2. The van der Waals surface area contributed by atoms with E-state index < -0.39 is 0 Å². The molecule has 0 spiro atoms. The number of nitrogens with zero attached hydrogens (tertiary/aromatic N) is 2. The van der Waals surface area contributed by atoms with Crippen LogP contribution >= 0.6 is 11.3 Å². The van der Waals surface area contributed by atoms with Crippen molar-refractivity contribution >= 4 is 34.5 Å². The molecule has 9 heteroatoms.